The van der Waals surface area contributed by atoms with Crippen LogP contribution in [0.25, 0.3) is 0 Å². The van der Waals surface area contributed by atoms with Crippen LogP contribution in [0, 0.1) is 12.8 Å². The molecule has 8 heteroatoms. The van der Waals surface area contributed by atoms with Crippen molar-refractivity contribution in [3.63, 3.8) is 0 Å². The van der Waals surface area contributed by atoms with Gasteiger partial charge in [0.15, 0.2) is 0 Å². The molecule has 0 bridgehead atoms. The van der Waals surface area contributed by atoms with Gasteiger partial charge in [-0.2, -0.15) is 0 Å². The number of sulfonamides is 1. The third-order valence-electron chi connectivity index (χ3n) is 3.78. The maximum atomic E-state index is 12.7. The predicted octanol–water partition coefficient (Wildman–Crippen LogP) is 2.00. The van der Waals surface area contributed by atoms with E-state index in [1.165, 1.54) is 30.4 Å². The first-order valence-electron chi connectivity index (χ1n) is 6.81. The number of rotatable bonds is 5. The van der Waals surface area contributed by atoms with Crippen molar-refractivity contribution < 1.29 is 23.1 Å². The minimum atomic E-state index is -3.81. The summed E-state index contributed by atoms with van der Waals surface area (Å²) in [7, 11) is -2.33. The fourth-order valence-electron chi connectivity index (χ4n) is 2.50. The summed E-state index contributed by atoms with van der Waals surface area (Å²) < 4.78 is 31.9. The Kier molecular flexibility index (Phi) is 5.11. The summed E-state index contributed by atoms with van der Waals surface area (Å²) in [6, 6.07) is 2.55. The van der Waals surface area contributed by atoms with Crippen molar-refractivity contribution in [3.8, 4) is 0 Å². The number of ether oxygens (including phenoxy) is 1. The van der Waals surface area contributed by atoms with E-state index in [0.717, 1.165) is 6.42 Å². The van der Waals surface area contributed by atoms with Gasteiger partial charge in [-0.1, -0.05) is 11.6 Å². The molecule has 2 rings (SSSR count). The number of aromatic carboxylic acids is 1. The first-order chi connectivity index (χ1) is 10.2. The van der Waals surface area contributed by atoms with Crippen molar-refractivity contribution in [1.29, 1.82) is 0 Å². The third-order valence-corrected chi connectivity index (χ3v) is 5.95. The van der Waals surface area contributed by atoms with Gasteiger partial charge in [0.05, 0.1) is 17.1 Å². The molecule has 22 heavy (non-hydrogen) atoms. The fourth-order valence-corrected chi connectivity index (χ4v) is 4.30. The van der Waals surface area contributed by atoms with Crippen LogP contribution >= 0.6 is 11.6 Å². The number of nitrogens with zero attached hydrogens (tertiary/aromatic N) is 1. The highest BCUT2D eigenvalue weighted by molar-refractivity contribution is 7.89. The molecule has 1 atom stereocenters. The van der Waals surface area contributed by atoms with Crippen LogP contribution in [0.1, 0.15) is 22.3 Å². The van der Waals surface area contributed by atoms with E-state index in [1.54, 1.807) is 0 Å². The Labute approximate surface area is 134 Å². The Morgan fingerprint density at radius 2 is 2.18 bits per heavy atom. The van der Waals surface area contributed by atoms with E-state index < -0.39 is 16.0 Å². The number of hydrogen-bond donors (Lipinski definition) is 1. The molecular formula is C14H18ClNO5S. The molecule has 1 saturated heterocycles. The molecule has 1 aliphatic rings. The first kappa shape index (κ1) is 17.2. The van der Waals surface area contributed by atoms with Crippen LogP contribution in [-0.2, 0) is 14.8 Å². The fraction of sp³-hybridized carbons (Fsp3) is 0.500. The lowest BCUT2D eigenvalue weighted by Crippen LogP contribution is -2.32. The molecule has 0 radical (unpaired) electrons. The zero-order valence-electron chi connectivity index (χ0n) is 12.4. The average Bonchev–Trinajstić information content (AvgIpc) is 2.93. The minimum absolute atomic E-state index is 0.0705. The largest absolute Gasteiger partial charge is 0.478 e. The smallest absolute Gasteiger partial charge is 0.336 e. The van der Waals surface area contributed by atoms with Crippen LogP contribution in [0.4, 0.5) is 0 Å². The van der Waals surface area contributed by atoms with Crippen molar-refractivity contribution in [2.24, 2.45) is 5.92 Å². The van der Waals surface area contributed by atoms with Crippen LogP contribution in [0.3, 0.4) is 0 Å². The summed E-state index contributed by atoms with van der Waals surface area (Å²) in [5.41, 5.74) is 0.0788. The van der Waals surface area contributed by atoms with Crippen LogP contribution in [0.5, 0.6) is 0 Å². The zero-order chi connectivity index (χ0) is 16.5. The Bertz CT molecular complexity index is 683. The predicted molar refractivity (Wildman–Crippen MR) is 81.9 cm³/mol. The van der Waals surface area contributed by atoms with Crippen LogP contribution < -0.4 is 0 Å². The molecule has 1 heterocycles. The van der Waals surface area contributed by atoms with Gasteiger partial charge in [0, 0.05) is 25.2 Å². The Hall–Kier alpha value is -1.15. The zero-order valence-corrected chi connectivity index (χ0v) is 13.9. The number of carboxylic acids is 1. The van der Waals surface area contributed by atoms with Gasteiger partial charge in [0.2, 0.25) is 10.0 Å². The molecule has 1 aromatic rings. The van der Waals surface area contributed by atoms with Gasteiger partial charge in [-0.05, 0) is 37.0 Å². The lowest BCUT2D eigenvalue weighted by Gasteiger charge is -2.21. The molecule has 0 spiro atoms. The number of hydrogen-bond acceptors (Lipinski definition) is 4. The van der Waals surface area contributed by atoms with Gasteiger partial charge in [-0.25, -0.2) is 17.5 Å². The second-order valence-electron chi connectivity index (χ2n) is 5.40. The maximum Gasteiger partial charge on any atom is 0.336 e. The molecule has 1 fully saturated rings. The quantitative estimate of drug-likeness (QED) is 0.880. The SMILES string of the molecule is Cc1c(C(=O)O)cc(Cl)cc1S(=O)(=O)N(C)C[C@H]1CCOC1. The molecule has 122 valence electrons. The van der Waals surface area contributed by atoms with E-state index in [9.17, 15) is 13.2 Å². The van der Waals surface area contributed by atoms with Crippen molar-refractivity contribution in [2.75, 3.05) is 26.8 Å². The average molecular weight is 348 g/mol. The Balaban J connectivity index is 2.38. The number of benzene rings is 1. The van der Waals surface area contributed by atoms with Crippen LogP contribution in [-0.4, -0.2) is 50.6 Å². The topological polar surface area (TPSA) is 83.9 Å². The normalized spacial score (nSPS) is 18.8. The summed E-state index contributed by atoms with van der Waals surface area (Å²) in [5, 5.41) is 9.25. The van der Waals surface area contributed by atoms with E-state index in [-0.39, 0.29) is 27.0 Å². The standard InChI is InChI=1S/C14H18ClNO5S/c1-9-12(14(17)18)5-11(15)6-13(9)22(19,20)16(2)7-10-3-4-21-8-10/h5-6,10H,3-4,7-8H2,1-2H3,(H,17,18)/t10-/m1/s1. The van der Waals surface area contributed by atoms with Gasteiger partial charge in [0.1, 0.15) is 0 Å². The third kappa shape index (κ3) is 3.43. The van der Waals surface area contributed by atoms with Crippen LogP contribution in [0.15, 0.2) is 17.0 Å². The summed E-state index contributed by atoms with van der Waals surface area (Å²) >= 11 is 5.88. The molecule has 0 unspecified atom stereocenters. The second kappa shape index (κ2) is 6.54. The van der Waals surface area contributed by atoms with Crippen molar-refractivity contribution >= 4 is 27.6 Å². The van der Waals surface area contributed by atoms with Crippen molar-refractivity contribution in [2.45, 2.75) is 18.2 Å². The molecule has 0 amide bonds. The van der Waals surface area contributed by atoms with Gasteiger partial charge in [-0.15, -0.1) is 0 Å². The molecule has 1 N–H and O–H groups in total. The summed E-state index contributed by atoms with van der Waals surface area (Å²) in [6.07, 6.45) is 0.814. The molecule has 0 aliphatic carbocycles. The van der Waals surface area contributed by atoms with Crippen LogP contribution in [0.2, 0.25) is 5.02 Å². The maximum absolute atomic E-state index is 12.7. The molecule has 1 aliphatic heterocycles. The number of carboxylic acid groups (broad SMARTS) is 1. The second-order valence-corrected chi connectivity index (χ2v) is 7.85. The Morgan fingerprint density at radius 3 is 2.73 bits per heavy atom. The van der Waals surface area contributed by atoms with Gasteiger partial charge < -0.3 is 9.84 Å². The van der Waals surface area contributed by atoms with E-state index in [0.29, 0.717) is 19.8 Å². The molecular weight excluding hydrogens is 330 g/mol. The molecule has 0 saturated carbocycles. The monoisotopic (exact) mass is 347 g/mol. The summed E-state index contributed by atoms with van der Waals surface area (Å²) in [4.78, 5) is 11.1. The highest BCUT2D eigenvalue weighted by atomic mass is 35.5. The minimum Gasteiger partial charge on any atom is -0.478 e. The highest BCUT2D eigenvalue weighted by Crippen LogP contribution is 2.27. The van der Waals surface area contributed by atoms with Gasteiger partial charge >= 0.3 is 5.97 Å². The number of halogens is 1. The van der Waals surface area contributed by atoms with Crippen molar-refractivity contribution in [3.05, 3.63) is 28.3 Å². The summed E-state index contributed by atoms with van der Waals surface area (Å²) in [6.45, 7) is 2.97. The molecule has 1 aromatic carbocycles. The highest BCUT2D eigenvalue weighted by Gasteiger charge is 2.29. The first-order valence-corrected chi connectivity index (χ1v) is 8.63. The number of carbonyl (C=O) groups is 1. The van der Waals surface area contributed by atoms with Gasteiger partial charge in [-0.3, -0.25) is 0 Å². The Morgan fingerprint density at radius 1 is 1.50 bits per heavy atom. The van der Waals surface area contributed by atoms with E-state index >= 15 is 0 Å². The van der Waals surface area contributed by atoms with Crippen molar-refractivity contribution in [1.82, 2.24) is 4.31 Å². The summed E-state index contributed by atoms with van der Waals surface area (Å²) in [5.74, 6) is -1.05. The molecule has 0 aromatic heterocycles. The lowest BCUT2D eigenvalue weighted by molar-refractivity contribution is 0.0696. The molecule has 6 nitrogen and oxygen atoms in total. The van der Waals surface area contributed by atoms with E-state index in [1.807, 2.05) is 0 Å². The van der Waals surface area contributed by atoms with Gasteiger partial charge in [0.25, 0.3) is 0 Å². The van der Waals surface area contributed by atoms with E-state index in [4.69, 9.17) is 21.4 Å². The van der Waals surface area contributed by atoms with E-state index in [2.05, 4.69) is 0 Å². The lowest BCUT2D eigenvalue weighted by atomic mass is 10.1.